The van der Waals surface area contributed by atoms with E-state index in [9.17, 15) is 0 Å². The van der Waals surface area contributed by atoms with E-state index < -0.39 is 0 Å². The maximum Gasteiger partial charge on any atom is 0.0700 e. The van der Waals surface area contributed by atoms with Crippen molar-refractivity contribution in [2.75, 3.05) is 46.6 Å². The van der Waals surface area contributed by atoms with Crippen LogP contribution in [0.3, 0.4) is 0 Å². The Labute approximate surface area is 80.2 Å². The first-order valence-corrected chi connectivity index (χ1v) is 4.69. The van der Waals surface area contributed by atoms with Gasteiger partial charge in [0.15, 0.2) is 0 Å². The molecule has 4 nitrogen and oxygen atoms in total. The fourth-order valence-electron chi connectivity index (χ4n) is 0.802. The third-order valence-corrected chi connectivity index (χ3v) is 1.66. The van der Waals surface area contributed by atoms with E-state index in [0.29, 0.717) is 25.7 Å². The summed E-state index contributed by atoms with van der Waals surface area (Å²) < 4.78 is 10.1. The lowest BCUT2D eigenvalue weighted by atomic mass is 10.2. The van der Waals surface area contributed by atoms with Crippen molar-refractivity contribution in [2.24, 2.45) is 5.92 Å². The molecule has 2 N–H and O–H groups in total. The number of methoxy groups -OCH3 is 1. The summed E-state index contributed by atoms with van der Waals surface area (Å²) in [6, 6.07) is 0. The van der Waals surface area contributed by atoms with E-state index in [1.165, 1.54) is 0 Å². The van der Waals surface area contributed by atoms with Gasteiger partial charge in [-0.25, -0.2) is 0 Å². The van der Waals surface area contributed by atoms with E-state index in [1.54, 1.807) is 7.11 Å². The highest BCUT2D eigenvalue weighted by molar-refractivity contribution is 4.53. The Morgan fingerprint density at radius 2 is 2.08 bits per heavy atom. The standard InChI is InChI=1S/C9H21NO3/c1-9(8-11)7-10-3-4-13-6-5-12-2/h9-11H,3-8H2,1-2H3. The van der Waals surface area contributed by atoms with Crippen molar-refractivity contribution >= 4 is 0 Å². The normalized spacial score (nSPS) is 13.2. The predicted molar refractivity (Wildman–Crippen MR) is 51.8 cm³/mol. The molecule has 0 aliphatic rings. The van der Waals surface area contributed by atoms with Crippen molar-refractivity contribution in [2.45, 2.75) is 6.92 Å². The molecule has 0 spiro atoms. The second kappa shape index (κ2) is 9.92. The van der Waals surface area contributed by atoms with Crippen LogP contribution in [0, 0.1) is 5.92 Å². The highest BCUT2D eigenvalue weighted by Gasteiger charge is 1.97. The second-order valence-electron chi connectivity index (χ2n) is 3.10. The number of aliphatic hydroxyl groups excluding tert-OH is 1. The van der Waals surface area contributed by atoms with Gasteiger partial charge in [-0.15, -0.1) is 0 Å². The highest BCUT2D eigenvalue weighted by atomic mass is 16.5. The lowest BCUT2D eigenvalue weighted by Crippen LogP contribution is -2.26. The number of aliphatic hydroxyl groups is 1. The number of ether oxygens (including phenoxy) is 2. The van der Waals surface area contributed by atoms with E-state index >= 15 is 0 Å². The van der Waals surface area contributed by atoms with Gasteiger partial charge < -0.3 is 19.9 Å². The Morgan fingerprint density at radius 3 is 2.69 bits per heavy atom. The number of nitrogens with one attached hydrogen (secondary N) is 1. The molecule has 0 bridgehead atoms. The molecule has 13 heavy (non-hydrogen) atoms. The minimum absolute atomic E-state index is 0.234. The molecule has 0 amide bonds. The van der Waals surface area contributed by atoms with Gasteiger partial charge in [0, 0.05) is 20.3 Å². The summed E-state index contributed by atoms with van der Waals surface area (Å²) in [5, 5.41) is 11.9. The molecule has 0 aromatic rings. The van der Waals surface area contributed by atoms with E-state index in [1.807, 2.05) is 6.92 Å². The lowest BCUT2D eigenvalue weighted by Gasteiger charge is -2.09. The summed E-state index contributed by atoms with van der Waals surface area (Å²) in [4.78, 5) is 0. The third kappa shape index (κ3) is 9.76. The van der Waals surface area contributed by atoms with Crippen LogP contribution in [0.15, 0.2) is 0 Å². The first-order valence-electron chi connectivity index (χ1n) is 4.69. The van der Waals surface area contributed by atoms with Gasteiger partial charge >= 0.3 is 0 Å². The maximum absolute atomic E-state index is 8.72. The first kappa shape index (κ1) is 12.8. The molecule has 0 saturated heterocycles. The first-order chi connectivity index (χ1) is 6.31. The van der Waals surface area contributed by atoms with Crippen molar-refractivity contribution in [1.82, 2.24) is 5.32 Å². The van der Waals surface area contributed by atoms with Gasteiger partial charge in [0.1, 0.15) is 0 Å². The summed E-state index contributed by atoms with van der Waals surface area (Å²) in [5.41, 5.74) is 0. The van der Waals surface area contributed by atoms with Crippen molar-refractivity contribution in [3.8, 4) is 0 Å². The number of rotatable bonds is 9. The fourth-order valence-corrected chi connectivity index (χ4v) is 0.802. The summed E-state index contributed by atoms with van der Waals surface area (Å²) in [7, 11) is 1.66. The SMILES string of the molecule is COCCOCCNCC(C)CO. The van der Waals surface area contributed by atoms with E-state index in [0.717, 1.165) is 13.1 Å². The van der Waals surface area contributed by atoms with Crippen LogP contribution in [0.5, 0.6) is 0 Å². The lowest BCUT2D eigenvalue weighted by molar-refractivity contribution is 0.0714. The molecular weight excluding hydrogens is 170 g/mol. The zero-order valence-corrected chi connectivity index (χ0v) is 8.58. The van der Waals surface area contributed by atoms with Crippen molar-refractivity contribution in [1.29, 1.82) is 0 Å². The fraction of sp³-hybridized carbons (Fsp3) is 1.00. The van der Waals surface area contributed by atoms with Crippen molar-refractivity contribution in [3.05, 3.63) is 0 Å². The van der Waals surface area contributed by atoms with Gasteiger partial charge in [0.05, 0.1) is 19.8 Å². The Hall–Kier alpha value is -0.160. The Balaban J connectivity index is 2.91. The van der Waals surface area contributed by atoms with Crippen LogP contribution in [0.4, 0.5) is 0 Å². The molecule has 0 aliphatic carbocycles. The molecule has 1 unspecified atom stereocenters. The zero-order chi connectivity index (χ0) is 9.94. The molecule has 80 valence electrons. The van der Waals surface area contributed by atoms with Crippen LogP contribution < -0.4 is 5.32 Å². The Kier molecular flexibility index (Phi) is 9.80. The molecule has 0 radical (unpaired) electrons. The molecule has 0 heterocycles. The highest BCUT2D eigenvalue weighted by Crippen LogP contribution is 1.87. The van der Waals surface area contributed by atoms with Gasteiger partial charge in [0.2, 0.25) is 0 Å². The smallest absolute Gasteiger partial charge is 0.0700 e. The van der Waals surface area contributed by atoms with Gasteiger partial charge in [-0.2, -0.15) is 0 Å². The summed E-state index contributed by atoms with van der Waals surface area (Å²) in [5.74, 6) is 0.318. The predicted octanol–water partition coefficient (Wildman–Crippen LogP) is -0.133. The summed E-state index contributed by atoms with van der Waals surface area (Å²) in [6.45, 7) is 5.89. The zero-order valence-electron chi connectivity index (χ0n) is 8.58. The minimum atomic E-state index is 0.234. The molecule has 0 saturated carbocycles. The minimum Gasteiger partial charge on any atom is -0.396 e. The largest absolute Gasteiger partial charge is 0.396 e. The Bertz CT molecular complexity index is 101. The molecule has 4 heteroatoms. The molecule has 0 fully saturated rings. The number of hydrogen-bond acceptors (Lipinski definition) is 4. The molecule has 0 aliphatic heterocycles. The average molecular weight is 191 g/mol. The van der Waals surface area contributed by atoms with Crippen LogP contribution in [0.25, 0.3) is 0 Å². The van der Waals surface area contributed by atoms with E-state index in [-0.39, 0.29) is 6.61 Å². The topological polar surface area (TPSA) is 50.7 Å². The van der Waals surface area contributed by atoms with Gasteiger partial charge in [0.25, 0.3) is 0 Å². The molecule has 0 rings (SSSR count). The maximum atomic E-state index is 8.72. The van der Waals surface area contributed by atoms with E-state index in [4.69, 9.17) is 14.6 Å². The van der Waals surface area contributed by atoms with Crippen LogP contribution in [-0.4, -0.2) is 51.7 Å². The monoisotopic (exact) mass is 191 g/mol. The van der Waals surface area contributed by atoms with Gasteiger partial charge in [-0.1, -0.05) is 6.92 Å². The van der Waals surface area contributed by atoms with Crippen molar-refractivity contribution in [3.63, 3.8) is 0 Å². The summed E-state index contributed by atoms with van der Waals surface area (Å²) in [6.07, 6.45) is 0. The van der Waals surface area contributed by atoms with Crippen LogP contribution in [0.1, 0.15) is 6.92 Å². The van der Waals surface area contributed by atoms with Crippen LogP contribution in [0.2, 0.25) is 0 Å². The van der Waals surface area contributed by atoms with Crippen LogP contribution in [-0.2, 0) is 9.47 Å². The quantitative estimate of drug-likeness (QED) is 0.498. The van der Waals surface area contributed by atoms with Crippen molar-refractivity contribution < 1.29 is 14.6 Å². The van der Waals surface area contributed by atoms with E-state index in [2.05, 4.69) is 5.32 Å². The Morgan fingerprint density at radius 1 is 1.31 bits per heavy atom. The molecular formula is C9H21NO3. The molecule has 1 atom stereocenters. The molecule has 0 aromatic carbocycles. The second-order valence-corrected chi connectivity index (χ2v) is 3.10. The van der Waals surface area contributed by atoms with Gasteiger partial charge in [-0.05, 0) is 12.5 Å². The third-order valence-electron chi connectivity index (χ3n) is 1.66. The van der Waals surface area contributed by atoms with Gasteiger partial charge in [-0.3, -0.25) is 0 Å². The average Bonchev–Trinajstić information content (AvgIpc) is 2.16. The number of hydrogen-bond donors (Lipinski definition) is 2. The van der Waals surface area contributed by atoms with Crippen LogP contribution >= 0.6 is 0 Å². The summed E-state index contributed by atoms with van der Waals surface area (Å²) >= 11 is 0. The molecule has 0 aromatic heterocycles.